The third-order valence-corrected chi connectivity index (χ3v) is 6.24. The van der Waals surface area contributed by atoms with E-state index in [0.29, 0.717) is 17.2 Å². The quantitative estimate of drug-likeness (QED) is 0.127. The summed E-state index contributed by atoms with van der Waals surface area (Å²) in [6, 6.07) is 27.5. The maximum absolute atomic E-state index is 10.6. The Bertz CT molecular complexity index is 1660. The Hall–Kier alpha value is -4.96. The van der Waals surface area contributed by atoms with Crippen molar-refractivity contribution in [2.45, 2.75) is 0 Å². The molecule has 4 aromatic carbocycles. The summed E-state index contributed by atoms with van der Waals surface area (Å²) >= 11 is 3.41. The molecule has 0 radical (unpaired) electrons. The van der Waals surface area contributed by atoms with E-state index in [2.05, 4.69) is 15.9 Å². The Morgan fingerprint density at radius 1 is 0.605 bits per heavy atom. The first kappa shape index (κ1) is 24.7. The molecule has 10 heteroatoms. The molecule has 0 fully saturated rings. The molecule has 0 aliphatic carbocycles. The number of halogens is 1. The lowest BCUT2D eigenvalue weighted by molar-refractivity contribution is -0.385. The molecule has 188 valence electrons. The Kier molecular flexibility index (Phi) is 6.63. The fourth-order valence-electron chi connectivity index (χ4n) is 3.86. The lowest BCUT2D eigenvalue weighted by Crippen LogP contribution is -1.86. The van der Waals surface area contributed by atoms with Gasteiger partial charge in [-0.1, -0.05) is 15.9 Å². The van der Waals surface area contributed by atoms with E-state index in [1.54, 1.807) is 36.4 Å². The molecule has 2 heterocycles. The zero-order chi connectivity index (χ0) is 26.8. The van der Waals surface area contributed by atoms with E-state index in [1.807, 2.05) is 36.4 Å². The van der Waals surface area contributed by atoms with Crippen molar-refractivity contribution in [3.63, 3.8) is 0 Å². The highest BCUT2D eigenvalue weighted by Gasteiger charge is 2.10. The second-order valence-corrected chi connectivity index (χ2v) is 9.22. The molecule has 0 amide bonds. The zero-order valence-electron chi connectivity index (χ0n) is 19.5. The van der Waals surface area contributed by atoms with Gasteiger partial charge < -0.3 is 14.6 Å². The third kappa shape index (κ3) is 5.25. The topological polar surface area (TPSA) is 139 Å². The van der Waals surface area contributed by atoms with Crippen LogP contribution in [0.1, 0.15) is 0 Å². The number of nitrogens with zero attached hydrogens (tertiary/aromatic N) is 2. The number of nitrogens with two attached hydrogens (primary N) is 1. The van der Waals surface area contributed by atoms with Crippen molar-refractivity contribution in [2.24, 2.45) is 0 Å². The Labute approximate surface area is 223 Å². The van der Waals surface area contributed by atoms with Crippen LogP contribution in [0, 0.1) is 20.2 Å². The summed E-state index contributed by atoms with van der Waals surface area (Å²) in [6.07, 6.45) is 0. The van der Waals surface area contributed by atoms with Gasteiger partial charge in [-0.2, -0.15) is 0 Å². The normalized spacial score (nSPS) is 10.8. The number of rotatable bonds is 4. The van der Waals surface area contributed by atoms with Gasteiger partial charge in [0.2, 0.25) is 0 Å². The maximum Gasteiger partial charge on any atom is 0.269 e. The Morgan fingerprint density at radius 2 is 1.05 bits per heavy atom. The summed E-state index contributed by atoms with van der Waals surface area (Å²) < 4.78 is 12.4. The molecule has 0 saturated carbocycles. The van der Waals surface area contributed by atoms with E-state index < -0.39 is 9.85 Å². The first-order chi connectivity index (χ1) is 18.3. The van der Waals surface area contributed by atoms with Gasteiger partial charge in [0.25, 0.3) is 11.4 Å². The number of hydrogen-bond donors (Lipinski definition) is 1. The highest BCUT2D eigenvalue weighted by atomic mass is 79.9. The number of non-ortho nitro benzene ring substituents is 2. The molecule has 0 saturated heterocycles. The number of nitrogen functional groups attached to an aromatic ring is 1. The monoisotopic (exact) mass is 571 g/mol. The van der Waals surface area contributed by atoms with Gasteiger partial charge in [-0.15, -0.1) is 0 Å². The highest BCUT2D eigenvalue weighted by molar-refractivity contribution is 9.10. The largest absolute Gasteiger partial charge is 0.456 e. The molecule has 2 N–H and O–H groups in total. The molecule has 0 spiro atoms. The first-order valence-electron chi connectivity index (χ1n) is 11.2. The molecule has 2 aromatic heterocycles. The zero-order valence-corrected chi connectivity index (χ0v) is 21.1. The molecule has 0 bridgehead atoms. The molecule has 0 unspecified atom stereocenters. The molecular weight excluding hydrogens is 554 g/mol. The predicted octanol–water partition coefficient (Wildman–Crippen LogP) is 8.36. The average molecular weight is 572 g/mol. The molecule has 6 rings (SSSR count). The van der Waals surface area contributed by atoms with Crippen molar-refractivity contribution in [1.82, 2.24) is 0 Å². The number of furan rings is 2. The number of benzene rings is 4. The SMILES string of the molecule is Nc1ccc2oc(-c3ccc([N+](=O)[O-])cc3)cc2c1.O=[N+]([O-])c1ccc(-c2cc3cc(Br)ccc3o2)cc1. The summed E-state index contributed by atoms with van der Waals surface area (Å²) in [5, 5.41) is 23.1. The van der Waals surface area contributed by atoms with E-state index >= 15 is 0 Å². The molecular formula is C28H18BrN3O6. The van der Waals surface area contributed by atoms with Crippen LogP contribution < -0.4 is 5.73 Å². The van der Waals surface area contributed by atoms with Crippen LogP contribution in [0.25, 0.3) is 44.6 Å². The van der Waals surface area contributed by atoms with E-state index in [0.717, 1.165) is 37.5 Å². The van der Waals surface area contributed by atoms with Crippen LogP contribution >= 0.6 is 15.9 Å². The smallest absolute Gasteiger partial charge is 0.269 e. The highest BCUT2D eigenvalue weighted by Crippen LogP contribution is 2.31. The van der Waals surface area contributed by atoms with Gasteiger partial charge in [0.1, 0.15) is 22.7 Å². The van der Waals surface area contributed by atoms with Crippen LogP contribution in [-0.4, -0.2) is 9.85 Å². The number of anilines is 1. The van der Waals surface area contributed by atoms with Crippen molar-refractivity contribution in [1.29, 1.82) is 0 Å². The lowest BCUT2D eigenvalue weighted by Gasteiger charge is -1.95. The fraction of sp³-hybridized carbons (Fsp3) is 0. The van der Waals surface area contributed by atoms with Crippen LogP contribution in [0.4, 0.5) is 17.1 Å². The molecule has 9 nitrogen and oxygen atoms in total. The Morgan fingerprint density at radius 3 is 1.53 bits per heavy atom. The minimum absolute atomic E-state index is 0.0594. The molecule has 0 aliphatic heterocycles. The van der Waals surface area contributed by atoms with E-state index in [4.69, 9.17) is 14.6 Å². The number of fused-ring (bicyclic) bond motifs is 2. The van der Waals surface area contributed by atoms with E-state index in [1.165, 1.54) is 24.3 Å². The van der Waals surface area contributed by atoms with E-state index in [-0.39, 0.29) is 11.4 Å². The number of nitro benzene ring substituents is 2. The van der Waals surface area contributed by atoms with Crippen LogP contribution in [0.2, 0.25) is 0 Å². The second kappa shape index (κ2) is 10.2. The van der Waals surface area contributed by atoms with Gasteiger partial charge in [-0.3, -0.25) is 20.2 Å². The van der Waals surface area contributed by atoms with E-state index in [9.17, 15) is 20.2 Å². The van der Waals surface area contributed by atoms with Crippen LogP contribution in [0.5, 0.6) is 0 Å². The minimum atomic E-state index is -0.427. The van der Waals surface area contributed by atoms with Gasteiger partial charge in [0.15, 0.2) is 0 Å². The number of hydrogen-bond acceptors (Lipinski definition) is 7. The molecule has 0 aliphatic rings. The van der Waals surface area contributed by atoms with Gasteiger partial charge in [0, 0.05) is 56.3 Å². The summed E-state index contributed by atoms with van der Waals surface area (Å²) in [5.74, 6) is 1.36. The number of nitro groups is 2. The minimum Gasteiger partial charge on any atom is -0.456 e. The standard InChI is InChI=1S/C14H8BrNO3.C14H10N2O3/c2*15-11-3-6-13-10(7-11)8-14(19-13)9-1-4-12(5-2-9)16(17)18/h1-8H;1-8H,15H2. The van der Waals surface area contributed by atoms with Crippen molar-refractivity contribution in [3.05, 3.63) is 122 Å². The van der Waals surface area contributed by atoms with Gasteiger partial charge >= 0.3 is 0 Å². The van der Waals surface area contributed by atoms with Crippen molar-refractivity contribution >= 4 is 54.9 Å². The molecule has 0 atom stereocenters. The fourth-order valence-corrected chi connectivity index (χ4v) is 4.23. The lowest BCUT2D eigenvalue weighted by atomic mass is 10.1. The van der Waals surface area contributed by atoms with Gasteiger partial charge in [-0.25, -0.2) is 0 Å². The van der Waals surface area contributed by atoms with Crippen LogP contribution in [0.15, 0.2) is 110 Å². The summed E-state index contributed by atoms with van der Waals surface area (Å²) in [5.41, 5.74) is 9.65. The van der Waals surface area contributed by atoms with Gasteiger partial charge in [-0.05, 0) is 72.8 Å². The van der Waals surface area contributed by atoms with Crippen molar-refractivity contribution in [3.8, 4) is 22.6 Å². The average Bonchev–Trinajstić information content (AvgIpc) is 3.53. The second-order valence-electron chi connectivity index (χ2n) is 8.31. The van der Waals surface area contributed by atoms with Crippen molar-refractivity contribution < 1.29 is 18.7 Å². The van der Waals surface area contributed by atoms with Crippen LogP contribution in [-0.2, 0) is 0 Å². The first-order valence-corrected chi connectivity index (χ1v) is 12.0. The Balaban J connectivity index is 0.000000155. The summed E-state index contributed by atoms with van der Waals surface area (Å²) in [6.45, 7) is 0. The summed E-state index contributed by atoms with van der Waals surface area (Å²) in [4.78, 5) is 20.4. The van der Waals surface area contributed by atoms with Crippen molar-refractivity contribution in [2.75, 3.05) is 5.73 Å². The summed E-state index contributed by atoms with van der Waals surface area (Å²) in [7, 11) is 0. The van der Waals surface area contributed by atoms with Gasteiger partial charge in [0.05, 0.1) is 9.85 Å². The third-order valence-electron chi connectivity index (χ3n) is 5.74. The molecule has 6 aromatic rings. The maximum atomic E-state index is 10.6. The molecule has 38 heavy (non-hydrogen) atoms. The van der Waals surface area contributed by atoms with Crippen LogP contribution in [0.3, 0.4) is 0 Å². The predicted molar refractivity (Wildman–Crippen MR) is 149 cm³/mol.